The number of carboxylic acids is 1. The second-order valence-electron chi connectivity index (χ2n) is 5.60. The first-order chi connectivity index (χ1) is 7.42. The lowest BCUT2D eigenvalue weighted by atomic mass is 9.84. The van der Waals surface area contributed by atoms with Crippen molar-refractivity contribution in [1.29, 1.82) is 0 Å². The Morgan fingerprint density at radius 3 is 2.50 bits per heavy atom. The summed E-state index contributed by atoms with van der Waals surface area (Å²) in [5.74, 6) is -0.750. The normalized spacial score (nSPS) is 19.2. The summed E-state index contributed by atoms with van der Waals surface area (Å²) in [5, 5.41) is 12.4. The van der Waals surface area contributed by atoms with Crippen LogP contribution >= 0.6 is 0 Å². The Kier molecular flexibility index (Phi) is 4.33. The summed E-state index contributed by atoms with van der Waals surface area (Å²) in [6.07, 6.45) is 2.30. The first kappa shape index (κ1) is 13.5. The van der Waals surface area contributed by atoms with E-state index in [9.17, 15) is 4.79 Å². The van der Waals surface area contributed by atoms with Crippen LogP contribution in [0.2, 0.25) is 0 Å². The van der Waals surface area contributed by atoms with Crippen molar-refractivity contribution in [2.45, 2.75) is 33.6 Å². The molecule has 0 spiro atoms. The molecule has 4 nitrogen and oxygen atoms in total. The second-order valence-corrected chi connectivity index (χ2v) is 5.60. The van der Waals surface area contributed by atoms with E-state index in [4.69, 9.17) is 9.84 Å². The minimum Gasteiger partial charge on any atom is -0.481 e. The summed E-state index contributed by atoms with van der Waals surface area (Å²) in [4.78, 5) is 11.1. The minimum absolute atomic E-state index is 0.235. The highest BCUT2D eigenvalue weighted by Gasteiger charge is 2.46. The fourth-order valence-corrected chi connectivity index (χ4v) is 2.05. The Labute approximate surface area is 97.4 Å². The third-order valence-electron chi connectivity index (χ3n) is 3.20. The Morgan fingerprint density at radius 2 is 2.12 bits per heavy atom. The highest BCUT2D eigenvalue weighted by molar-refractivity contribution is 5.76. The molecule has 2 N–H and O–H groups in total. The average molecular weight is 229 g/mol. The van der Waals surface area contributed by atoms with E-state index >= 15 is 0 Å². The number of ether oxygens (including phenoxy) is 1. The summed E-state index contributed by atoms with van der Waals surface area (Å²) < 4.78 is 5.01. The molecule has 0 aliphatic carbocycles. The van der Waals surface area contributed by atoms with Crippen molar-refractivity contribution >= 4 is 5.97 Å². The molecule has 0 atom stereocenters. The van der Waals surface area contributed by atoms with Gasteiger partial charge in [-0.15, -0.1) is 0 Å². The third-order valence-corrected chi connectivity index (χ3v) is 3.20. The topological polar surface area (TPSA) is 58.6 Å². The number of hydrogen-bond acceptors (Lipinski definition) is 3. The zero-order valence-corrected chi connectivity index (χ0v) is 10.5. The quantitative estimate of drug-likeness (QED) is 0.694. The van der Waals surface area contributed by atoms with Crippen molar-refractivity contribution in [2.75, 3.05) is 26.3 Å². The molecular formula is C12H23NO3. The number of hydrogen-bond donors (Lipinski definition) is 2. The van der Waals surface area contributed by atoms with E-state index in [-0.39, 0.29) is 5.41 Å². The number of rotatable bonds is 7. The van der Waals surface area contributed by atoms with Gasteiger partial charge >= 0.3 is 5.97 Å². The maximum Gasteiger partial charge on any atom is 0.315 e. The highest BCUT2D eigenvalue weighted by atomic mass is 16.5. The Morgan fingerprint density at radius 1 is 1.50 bits per heavy atom. The van der Waals surface area contributed by atoms with Crippen LogP contribution in [0.3, 0.4) is 0 Å². The number of carbonyl (C=O) groups is 1. The fourth-order valence-electron chi connectivity index (χ4n) is 2.05. The summed E-state index contributed by atoms with van der Waals surface area (Å²) in [7, 11) is 0. The smallest absolute Gasteiger partial charge is 0.315 e. The van der Waals surface area contributed by atoms with Crippen molar-refractivity contribution in [2.24, 2.45) is 10.8 Å². The second kappa shape index (κ2) is 5.15. The van der Waals surface area contributed by atoms with Crippen LogP contribution in [-0.2, 0) is 9.53 Å². The van der Waals surface area contributed by atoms with Gasteiger partial charge in [0.25, 0.3) is 0 Å². The van der Waals surface area contributed by atoms with Gasteiger partial charge in [-0.3, -0.25) is 4.79 Å². The Balaban J connectivity index is 2.32. The van der Waals surface area contributed by atoms with Crippen molar-refractivity contribution in [3.63, 3.8) is 0 Å². The van der Waals surface area contributed by atoms with Gasteiger partial charge in [0.05, 0.1) is 13.2 Å². The van der Waals surface area contributed by atoms with Crippen LogP contribution in [0.25, 0.3) is 0 Å². The molecule has 1 saturated heterocycles. The third kappa shape index (κ3) is 3.19. The van der Waals surface area contributed by atoms with E-state index in [0.717, 1.165) is 19.4 Å². The lowest BCUT2D eigenvalue weighted by molar-refractivity contribution is -0.178. The number of nitrogens with one attached hydrogen (secondary N) is 1. The predicted octanol–water partition coefficient (Wildman–Crippen LogP) is 1.50. The molecule has 1 heterocycles. The summed E-state index contributed by atoms with van der Waals surface area (Å²) in [6, 6.07) is 0. The van der Waals surface area contributed by atoms with E-state index in [1.165, 1.54) is 0 Å². The van der Waals surface area contributed by atoms with Crippen LogP contribution in [0.4, 0.5) is 0 Å². The van der Waals surface area contributed by atoms with Gasteiger partial charge in [0.2, 0.25) is 0 Å². The number of aliphatic carboxylic acids is 1. The standard InChI is InChI=1S/C12H23NO3/c1-4-5-11(2,3)6-13-7-12(10(14)15)8-16-9-12/h13H,4-9H2,1-3H3,(H,14,15). The molecule has 1 aliphatic rings. The maximum atomic E-state index is 11.1. The molecule has 0 radical (unpaired) electrons. The fraction of sp³-hybridized carbons (Fsp3) is 0.917. The highest BCUT2D eigenvalue weighted by Crippen LogP contribution is 2.27. The molecule has 0 bridgehead atoms. The lowest BCUT2D eigenvalue weighted by Crippen LogP contribution is -2.55. The van der Waals surface area contributed by atoms with Crippen molar-refractivity contribution in [3.05, 3.63) is 0 Å². The summed E-state index contributed by atoms with van der Waals surface area (Å²) in [5.41, 5.74) is -0.443. The van der Waals surface area contributed by atoms with Crippen molar-refractivity contribution < 1.29 is 14.6 Å². The van der Waals surface area contributed by atoms with Crippen LogP contribution in [0, 0.1) is 10.8 Å². The first-order valence-electron chi connectivity index (χ1n) is 5.94. The van der Waals surface area contributed by atoms with E-state index in [1.807, 2.05) is 0 Å². The molecular weight excluding hydrogens is 206 g/mol. The molecule has 16 heavy (non-hydrogen) atoms. The van der Waals surface area contributed by atoms with E-state index < -0.39 is 11.4 Å². The van der Waals surface area contributed by atoms with Gasteiger partial charge in [0.15, 0.2) is 0 Å². The maximum absolute atomic E-state index is 11.1. The monoisotopic (exact) mass is 229 g/mol. The van der Waals surface area contributed by atoms with E-state index in [0.29, 0.717) is 19.8 Å². The molecule has 1 fully saturated rings. The molecule has 0 unspecified atom stereocenters. The van der Waals surface area contributed by atoms with Gasteiger partial charge in [-0.05, 0) is 11.8 Å². The molecule has 1 rings (SSSR count). The molecule has 0 saturated carbocycles. The lowest BCUT2D eigenvalue weighted by Gasteiger charge is -2.38. The molecule has 0 aromatic rings. The van der Waals surface area contributed by atoms with Crippen molar-refractivity contribution in [3.8, 4) is 0 Å². The van der Waals surface area contributed by atoms with Gasteiger partial charge < -0.3 is 15.2 Å². The van der Waals surface area contributed by atoms with E-state index in [2.05, 4.69) is 26.1 Å². The minimum atomic E-state index is -0.750. The van der Waals surface area contributed by atoms with Gasteiger partial charge in [0, 0.05) is 13.1 Å². The number of carboxylic acid groups (broad SMARTS) is 1. The molecule has 0 aromatic heterocycles. The van der Waals surface area contributed by atoms with Gasteiger partial charge in [0.1, 0.15) is 5.41 Å². The predicted molar refractivity (Wildman–Crippen MR) is 62.4 cm³/mol. The largest absolute Gasteiger partial charge is 0.481 e. The summed E-state index contributed by atoms with van der Waals surface area (Å²) in [6.45, 7) is 8.61. The van der Waals surface area contributed by atoms with E-state index in [1.54, 1.807) is 0 Å². The van der Waals surface area contributed by atoms with Crippen molar-refractivity contribution in [1.82, 2.24) is 5.32 Å². The zero-order chi connectivity index (χ0) is 12.2. The molecule has 0 amide bonds. The SMILES string of the molecule is CCCC(C)(C)CNCC1(C(=O)O)COC1. The van der Waals surface area contributed by atoms with Crippen LogP contribution in [-0.4, -0.2) is 37.4 Å². The molecule has 1 aliphatic heterocycles. The van der Waals surface area contributed by atoms with Gasteiger partial charge in [-0.1, -0.05) is 27.2 Å². The van der Waals surface area contributed by atoms with Crippen LogP contribution < -0.4 is 5.32 Å². The molecule has 0 aromatic carbocycles. The average Bonchev–Trinajstić information content (AvgIpc) is 2.08. The van der Waals surface area contributed by atoms with Crippen LogP contribution in [0.1, 0.15) is 33.6 Å². The van der Waals surface area contributed by atoms with Gasteiger partial charge in [-0.25, -0.2) is 0 Å². The van der Waals surface area contributed by atoms with Gasteiger partial charge in [-0.2, -0.15) is 0 Å². The Bertz CT molecular complexity index is 247. The Hall–Kier alpha value is -0.610. The molecule has 4 heteroatoms. The summed E-state index contributed by atoms with van der Waals surface area (Å²) >= 11 is 0. The first-order valence-corrected chi connectivity index (χ1v) is 5.94. The zero-order valence-electron chi connectivity index (χ0n) is 10.5. The molecule has 94 valence electrons. The van der Waals surface area contributed by atoms with Crippen LogP contribution in [0.5, 0.6) is 0 Å². The van der Waals surface area contributed by atoms with Crippen LogP contribution in [0.15, 0.2) is 0 Å².